The molecule has 2 aromatic carbocycles. The lowest BCUT2D eigenvalue weighted by Gasteiger charge is -2.22. The summed E-state index contributed by atoms with van der Waals surface area (Å²) in [6.07, 6.45) is -3.46. The first-order valence-corrected chi connectivity index (χ1v) is 10.4. The predicted octanol–water partition coefficient (Wildman–Crippen LogP) is 6.61. The summed E-state index contributed by atoms with van der Waals surface area (Å²) in [6.45, 7) is 4.16. The number of para-hydroxylation sites is 1. The normalized spacial score (nSPS) is 14.3. The molecule has 3 rings (SSSR count). The van der Waals surface area contributed by atoms with Gasteiger partial charge in [-0.2, -0.15) is 13.2 Å². The summed E-state index contributed by atoms with van der Waals surface area (Å²) in [5.41, 5.74) is 2.34. The Morgan fingerprint density at radius 2 is 1.80 bits per heavy atom. The van der Waals surface area contributed by atoms with Gasteiger partial charge >= 0.3 is 6.18 Å². The number of hydrogen-bond donors (Lipinski definition) is 1. The maximum Gasteiger partial charge on any atom is 0.416 e. The minimum Gasteiger partial charge on any atom is -0.396 e. The Morgan fingerprint density at radius 3 is 2.33 bits per heavy atom. The molecule has 0 saturated carbocycles. The highest BCUT2D eigenvalue weighted by Gasteiger charge is 2.32. The second-order valence-corrected chi connectivity index (χ2v) is 8.38. The van der Waals surface area contributed by atoms with Crippen molar-refractivity contribution in [2.45, 2.75) is 38.8 Å². The molecule has 0 fully saturated rings. The van der Waals surface area contributed by atoms with Gasteiger partial charge in [0.1, 0.15) is 5.82 Å². The molecule has 3 aromatic rings. The molecular weight excluding hydrogens is 436 g/mol. The fraction of sp³-hybridized carbons (Fsp3) is 0.409. The van der Waals surface area contributed by atoms with Crippen LogP contribution in [-0.4, -0.2) is 21.3 Å². The second-order valence-electron chi connectivity index (χ2n) is 7.57. The summed E-state index contributed by atoms with van der Waals surface area (Å²) >= 11 is 12.3. The Morgan fingerprint density at radius 1 is 1.17 bits per heavy atom. The molecule has 8 heteroatoms. The minimum absolute atomic E-state index is 0.0394. The van der Waals surface area contributed by atoms with Crippen LogP contribution in [0.1, 0.15) is 48.7 Å². The van der Waals surface area contributed by atoms with E-state index >= 15 is 0 Å². The van der Waals surface area contributed by atoms with Gasteiger partial charge in [0.15, 0.2) is 0 Å². The molecule has 0 bridgehead atoms. The molecule has 0 amide bonds. The molecular formula is C22H23Cl2F3N2O. The highest BCUT2D eigenvalue weighted by Crippen LogP contribution is 2.38. The van der Waals surface area contributed by atoms with Crippen LogP contribution in [0.4, 0.5) is 13.2 Å². The van der Waals surface area contributed by atoms with Crippen molar-refractivity contribution in [3.8, 4) is 0 Å². The van der Waals surface area contributed by atoms with Crippen molar-refractivity contribution >= 4 is 34.2 Å². The van der Waals surface area contributed by atoms with Gasteiger partial charge < -0.3 is 9.67 Å². The largest absolute Gasteiger partial charge is 0.416 e. The Bertz CT molecular complexity index is 1040. The Hall–Kier alpha value is -1.76. The van der Waals surface area contributed by atoms with Crippen LogP contribution in [0.5, 0.6) is 0 Å². The standard InChI is InChI=1S/C22H23Cl2F3N2O/c1-4-14(12(2)11-30)15-6-5-7-19-21(15)29(3)20(28-19)10-16-17(23)8-13(9-18(16)24)22(25,26)27/h5-9,12,14,30H,4,10-11H2,1-3H3. The van der Waals surface area contributed by atoms with Crippen LogP contribution in [0.25, 0.3) is 11.0 Å². The number of aliphatic hydroxyl groups is 1. The first kappa shape index (κ1) is 22.9. The van der Waals surface area contributed by atoms with Crippen LogP contribution in [0.15, 0.2) is 30.3 Å². The first-order chi connectivity index (χ1) is 14.1. The van der Waals surface area contributed by atoms with E-state index in [9.17, 15) is 18.3 Å². The lowest BCUT2D eigenvalue weighted by atomic mass is 9.85. The zero-order chi connectivity index (χ0) is 22.2. The molecule has 0 saturated heterocycles. The van der Waals surface area contributed by atoms with E-state index in [1.54, 1.807) is 0 Å². The van der Waals surface area contributed by atoms with Crippen molar-refractivity contribution in [1.29, 1.82) is 0 Å². The number of fused-ring (bicyclic) bond motifs is 1. The summed E-state index contributed by atoms with van der Waals surface area (Å²) in [5, 5.41) is 9.57. The van der Waals surface area contributed by atoms with Gasteiger partial charge in [0.05, 0.1) is 16.6 Å². The van der Waals surface area contributed by atoms with Gasteiger partial charge in [0.25, 0.3) is 0 Å². The van der Waals surface area contributed by atoms with E-state index in [0.717, 1.165) is 35.2 Å². The monoisotopic (exact) mass is 458 g/mol. The van der Waals surface area contributed by atoms with Gasteiger partial charge in [-0.25, -0.2) is 4.98 Å². The number of alkyl halides is 3. The van der Waals surface area contributed by atoms with Crippen LogP contribution < -0.4 is 0 Å². The molecule has 3 nitrogen and oxygen atoms in total. The van der Waals surface area contributed by atoms with E-state index < -0.39 is 11.7 Å². The molecule has 0 spiro atoms. The molecule has 162 valence electrons. The number of benzene rings is 2. The van der Waals surface area contributed by atoms with Crippen LogP contribution in [0, 0.1) is 5.92 Å². The van der Waals surface area contributed by atoms with Crippen LogP contribution in [0.2, 0.25) is 10.0 Å². The molecule has 2 atom stereocenters. The van der Waals surface area contributed by atoms with Gasteiger partial charge in [0, 0.05) is 30.1 Å². The zero-order valence-electron chi connectivity index (χ0n) is 16.9. The first-order valence-electron chi connectivity index (χ1n) is 9.68. The van der Waals surface area contributed by atoms with E-state index in [1.165, 1.54) is 0 Å². The number of nitrogens with zero attached hydrogens (tertiary/aromatic N) is 2. The van der Waals surface area contributed by atoms with E-state index in [4.69, 9.17) is 23.2 Å². The smallest absolute Gasteiger partial charge is 0.396 e. The number of aromatic nitrogens is 2. The lowest BCUT2D eigenvalue weighted by molar-refractivity contribution is -0.137. The van der Waals surface area contributed by atoms with Crippen molar-refractivity contribution in [2.24, 2.45) is 13.0 Å². The highest BCUT2D eigenvalue weighted by atomic mass is 35.5. The molecule has 30 heavy (non-hydrogen) atoms. The molecule has 0 aliphatic rings. The van der Waals surface area contributed by atoms with Crippen LogP contribution >= 0.6 is 23.2 Å². The van der Waals surface area contributed by atoms with Gasteiger partial charge in [-0.3, -0.25) is 0 Å². The number of halogens is 5. The molecule has 1 aromatic heterocycles. The van der Waals surface area contributed by atoms with Crippen LogP contribution in [0.3, 0.4) is 0 Å². The van der Waals surface area contributed by atoms with Gasteiger partial charge in [-0.15, -0.1) is 0 Å². The van der Waals surface area contributed by atoms with E-state index in [0.29, 0.717) is 11.4 Å². The van der Waals surface area contributed by atoms with Crippen molar-refractivity contribution in [3.63, 3.8) is 0 Å². The number of rotatable bonds is 6. The highest BCUT2D eigenvalue weighted by molar-refractivity contribution is 6.36. The molecule has 0 aliphatic carbocycles. The average molecular weight is 459 g/mol. The Labute approximate surface area is 183 Å². The van der Waals surface area contributed by atoms with E-state index in [2.05, 4.69) is 11.9 Å². The van der Waals surface area contributed by atoms with Crippen molar-refractivity contribution in [2.75, 3.05) is 6.61 Å². The van der Waals surface area contributed by atoms with Gasteiger partial charge in [-0.1, -0.05) is 49.2 Å². The summed E-state index contributed by atoms with van der Waals surface area (Å²) < 4.78 is 41.0. The SMILES string of the molecule is CCC(c1cccc2nc(Cc3c(Cl)cc(C(F)(F)F)cc3Cl)n(C)c12)C(C)CO. The maximum atomic E-state index is 13.0. The fourth-order valence-corrected chi connectivity index (χ4v) is 4.58. The molecule has 1 N–H and O–H groups in total. The molecule has 0 radical (unpaired) electrons. The third-order valence-electron chi connectivity index (χ3n) is 5.64. The molecule has 2 unspecified atom stereocenters. The Balaban J connectivity index is 2.07. The minimum atomic E-state index is -4.52. The quantitative estimate of drug-likeness (QED) is 0.451. The molecule has 1 heterocycles. The summed E-state index contributed by atoms with van der Waals surface area (Å²) in [6, 6.07) is 7.65. The predicted molar refractivity (Wildman–Crippen MR) is 114 cm³/mol. The van der Waals surface area contributed by atoms with Gasteiger partial charge in [-0.05, 0) is 47.6 Å². The summed E-state index contributed by atoms with van der Waals surface area (Å²) in [5.74, 6) is 0.880. The lowest BCUT2D eigenvalue weighted by Crippen LogP contribution is -2.14. The number of hydrogen-bond acceptors (Lipinski definition) is 2. The summed E-state index contributed by atoms with van der Waals surface area (Å²) in [4.78, 5) is 4.68. The fourth-order valence-electron chi connectivity index (χ4n) is 3.95. The van der Waals surface area contributed by atoms with Crippen molar-refractivity contribution < 1.29 is 18.3 Å². The van der Waals surface area contributed by atoms with Crippen molar-refractivity contribution in [1.82, 2.24) is 9.55 Å². The van der Waals surface area contributed by atoms with Crippen LogP contribution in [-0.2, 0) is 19.6 Å². The van der Waals surface area contributed by atoms with Crippen molar-refractivity contribution in [3.05, 3.63) is 62.9 Å². The maximum absolute atomic E-state index is 13.0. The zero-order valence-corrected chi connectivity index (χ0v) is 18.4. The number of imidazole rings is 1. The number of aryl methyl sites for hydroxylation is 1. The number of aliphatic hydroxyl groups excluding tert-OH is 1. The van der Waals surface area contributed by atoms with Gasteiger partial charge in [0.2, 0.25) is 0 Å². The topological polar surface area (TPSA) is 38.0 Å². The third-order valence-corrected chi connectivity index (χ3v) is 6.31. The summed E-state index contributed by atoms with van der Waals surface area (Å²) in [7, 11) is 1.87. The third kappa shape index (κ3) is 4.32. The van der Waals surface area contributed by atoms with E-state index in [1.807, 2.05) is 36.7 Å². The molecule has 0 aliphatic heterocycles. The second kappa shape index (κ2) is 8.77. The Kier molecular flexibility index (Phi) is 6.70. The van der Waals surface area contributed by atoms with E-state index in [-0.39, 0.29) is 34.9 Å². The average Bonchev–Trinajstić information content (AvgIpc) is 3.00.